The normalized spacial score (nSPS) is 15.4. The van der Waals surface area contributed by atoms with E-state index in [0.29, 0.717) is 16.2 Å². The third kappa shape index (κ3) is 2.72. The highest BCUT2D eigenvalue weighted by Gasteiger charge is 2.19. The van der Waals surface area contributed by atoms with Gasteiger partial charge in [-0.05, 0) is 53.4 Å². The summed E-state index contributed by atoms with van der Waals surface area (Å²) in [4.78, 5) is 11.5. The van der Waals surface area contributed by atoms with E-state index in [-0.39, 0.29) is 11.8 Å². The largest absolute Gasteiger partial charge is 0.335 e. The predicted molar refractivity (Wildman–Crippen MR) is 63.9 cm³/mol. The first-order chi connectivity index (χ1) is 7.65. The molecule has 86 valence electrons. The van der Waals surface area contributed by atoms with Gasteiger partial charge in [-0.15, -0.1) is 0 Å². The molecule has 0 atom stereocenters. The number of halogens is 2. The molecule has 1 aliphatic carbocycles. The summed E-state index contributed by atoms with van der Waals surface area (Å²) in [5.74, 6) is -0.336. The highest BCUT2D eigenvalue weighted by atomic mass is 79.9. The number of hydrogen-bond acceptors (Lipinski definition) is 1. The van der Waals surface area contributed by atoms with Gasteiger partial charge in [0.15, 0.2) is 0 Å². The second-order valence-corrected chi connectivity index (χ2v) is 4.70. The molecule has 1 saturated carbocycles. The Hall–Kier alpha value is -1.10. The van der Waals surface area contributed by atoms with Crippen molar-refractivity contribution >= 4 is 27.6 Å². The predicted octanol–water partition coefficient (Wildman–Crippen LogP) is 3.26. The van der Waals surface area contributed by atoms with Gasteiger partial charge in [0, 0.05) is 10.5 Å². The van der Waals surface area contributed by atoms with E-state index in [1.807, 2.05) is 0 Å². The number of amides is 2. The van der Waals surface area contributed by atoms with E-state index in [4.69, 9.17) is 0 Å². The number of carbonyl (C=O) groups is 1. The quantitative estimate of drug-likeness (QED) is 0.861. The third-order valence-electron chi connectivity index (χ3n) is 2.62. The molecule has 0 bridgehead atoms. The molecule has 0 radical (unpaired) electrons. The Morgan fingerprint density at radius 3 is 2.75 bits per heavy atom. The third-order valence-corrected chi connectivity index (χ3v) is 3.28. The number of benzene rings is 1. The molecule has 0 aliphatic heterocycles. The summed E-state index contributed by atoms with van der Waals surface area (Å²) in [6, 6.07) is 4.21. The van der Waals surface area contributed by atoms with Crippen LogP contribution < -0.4 is 10.6 Å². The van der Waals surface area contributed by atoms with Crippen molar-refractivity contribution in [3.05, 3.63) is 28.5 Å². The van der Waals surface area contributed by atoms with E-state index in [1.165, 1.54) is 24.6 Å². The minimum atomic E-state index is -0.336. The zero-order valence-electron chi connectivity index (χ0n) is 8.59. The Kier molecular flexibility index (Phi) is 3.43. The van der Waals surface area contributed by atoms with Crippen molar-refractivity contribution in [3.8, 4) is 0 Å². The Balaban J connectivity index is 1.94. The fourth-order valence-corrected chi connectivity index (χ4v) is 1.94. The SMILES string of the molecule is O=C(Nc1ccc(F)cc1Br)NC1CCC1. The Morgan fingerprint density at radius 1 is 1.44 bits per heavy atom. The lowest BCUT2D eigenvalue weighted by molar-refractivity contribution is 0.240. The van der Waals surface area contributed by atoms with Crippen LogP contribution in [0.25, 0.3) is 0 Å². The van der Waals surface area contributed by atoms with Crippen molar-refractivity contribution < 1.29 is 9.18 Å². The maximum Gasteiger partial charge on any atom is 0.319 e. The minimum absolute atomic E-state index is 0.239. The van der Waals surface area contributed by atoms with E-state index in [1.54, 1.807) is 0 Å². The molecule has 1 aromatic rings. The van der Waals surface area contributed by atoms with Crippen LogP contribution in [0.2, 0.25) is 0 Å². The van der Waals surface area contributed by atoms with Crippen molar-refractivity contribution in [2.45, 2.75) is 25.3 Å². The highest BCUT2D eigenvalue weighted by Crippen LogP contribution is 2.23. The van der Waals surface area contributed by atoms with E-state index in [2.05, 4.69) is 26.6 Å². The number of carbonyl (C=O) groups excluding carboxylic acids is 1. The molecule has 5 heteroatoms. The van der Waals surface area contributed by atoms with Gasteiger partial charge in [0.25, 0.3) is 0 Å². The molecule has 0 heterocycles. The molecule has 2 N–H and O–H groups in total. The molecule has 1 aliphatic rings. The van der Waals surface area contributed by atoms with Crippen LogP contribution in [0, 0.1) is 5.82 Å². The summed E-state index contributed by atoms with van der Waals surface area (Å²) in [7, 11) is 0. The number of urea groups is 1. The van der Waals surface area contributed by atoms with Crippen molar-refractivity contribution in [2.24, 2.45) is 0 Å². The van der Waals surface area contributed by atoms with E-state index in [0.717, 1.165) is 12.8 Å². The zero-order valence-corrected chi connectivity index (χ0v) is 10.2. The van der Waals surface area contributed by atoms with Crippen LogP contribution >= 0.6 is 15.9 Å². The molecule has 1 fully saturated rings. The van der Waals surface area contributed by atoms with Gasteiger partial charge in [0.2, 0.25) is 0 Å². The van der Waals surface area contributed by atoms with E-state index >= 15 is 0 Å². The second-order valence-electron chi connectivity index (χ2n) is 3.85. The Morgan fingerprint density at radius 2 is 2.19 bits per heavy atom. The van der Waals surface area contributed by atoms with Crippen LogP contribution in [0.15, 0.2) is 22.7 Å². The van der Waals surface area contributed by atoms with Gasteiger partial charge in [-0.3, -0.25) is 0 Å². The van der Waals surface area contributed by atoms with Gasteiger partial charge in [0.05, 0.1) is 5.69 Å². The molecule has 0 saturated heterocycles. The summed E-state index contributed by atoms with van der Waals surface area (Å²) in [6.45, 7) is 0. The summed E-state index contributed by atoms with van der Waals surface area (Å²) in [5.41, 5.74) is 0.568. The first-order valence-corrected chi connectivity index (χ1v) is 5.97. The molecular formula is C11H12BrFN2O. The van der Waals surface area contributed by atoms with Crippen LogP contribution in [-0.2, 0) is 0 Å². The molecular weight excluding hydrogens is 275 g/mol. The lowest BCUT2D eigenvalue weighted by Crippen LogP contribution is -2.41. The van der Waals surface area contributed by atoms with Crippen LogP contribution in [0.4, 0.5) is 14.9 Å². The monoisotopic (exact) mass is 286 g/mol. The van der Waals surface area contributed by atoms with Gasteiger partial charge in [-0.1, -0.05) is 0 Å². The molecule has 2 rings (SSSR count). The summed E-state index contributed by atoms with van der Waals surface area (Å²) in [5, 5.41) is 5.51. The minimum Gasteiger partial charge on any atom is -0.335 e. The van der Waals surface area contributed by atoms with E-state index < -0.39 is 0 Å². The van der Waals surface area contributed by atoms with Gasteiger partial charge in [-0.25, -0.2) is 9.18 Å². The fraction of sp³-hybridized carbons (Fsp3) is 0.364. The van der Waals surface area contributed by atoms with Crippen LogP contribution in [-0.4, -0.2) is 12.1 Å². The molecule has 2 amide bonds. The topological polar surface area (TPSA) is 41.1 Å². The number of rotatable bonds is 2. The average molecular weight is 287 g/mol. The van der Waals surface area contributed by atoms with Gasteiger partial charge in [-0.2, -0.15) is 0 Å². The molecule has 1 aromatic carbocycles. The van der Waals surface area contributed by atoms with Crippen molar-refractivity contribution in [1.82, 2.24) is 5.32 Å². The van der Waals surface area contributed by atoms with Crippen molar-refractivity contribution in [2.75, 3.05) is 5.32 Å². The molecule has 0 unspecified atom stereocenters. The van der Waals surface area contributed by atoms with E-state index in [9.17, 15) is 9.18 Å². The van der Waals surface area contributed by atoms with Gasteiger partial charge < -0.3 is 10.6 Å². The summed E-state index contributed by atoms with van der Waals surface area (Å²) < 4.78 is 13.3. The summed E-state index contributed by atoms with van der Waals surface area (Å²) >= 11 is 3.19. The molecule has 3 nitrogen and oxygen atoms in total. The maximum absolute atomic E-state index is 12.8. The van der Waals surface area contributed by atoms with Crippen LogP contribution in [0.1, 0.15) is 19.3 Å². The number of hydrogen-bond donors (Lipinski definition) is 2. The summed E-state index contributed by atoms with van der Waals surface area (Å²) in [6.07, 6.45) is 3.25. The molecule has 0 spiro atoms. The Bertz CT molecular complexity index is 407. The first-order valence-electron chi connectivity index (χ1n) is 5.18. The van der Waals surface area contributed by atoms with Crippen LogP contribution in [0.5, 0.6) is 0 Å². The molecule has 0 aromatic heterocycles. The van der Waals surface area contributed by atoms with Crippen molar-refractivity contribution in [3.63, 3.8) is 0 Å². The van der Waals surface area contributed by atoms with Crippen LogP contribution in [0.3, 0.4) is 0 Å². The van der Waals surface area contributed by atoms with Gasteiger partial charge >= 0.3 is 6.03 Å². The van der Waals surface area contributed by atoms with Gasteiger partial charge in [0.1, 0.15) is 5.82 Å². The Labute approximate surface area is 102 Å². The highest BCUT2D eigenvalue weighted by molar-refractivity contribution is 9.10. The second kappa shape index (κ2) is 4.82. The maximum atomic E-state index is 12.8. The average Bonchev–Trinajstić information content (AvgIpc) is 2.16. The number of nitrogens with one attached hydrogen (secondary N) is 2. The standard InChI is InChI=1S/C11H12BrFN2O/c12-9-6-7(13)4-5-10(9)15-11(16)14-8-2-1-3-8/h4-6,8H,1-3H2,(H2,14,15,16). The first kappa shape index (κ1) is 11.4. The lowest BCUT2D eigenvalue weighted by Gasteiger charge is -2.26. The smallest absolute Gasteiger partial charge is 0.319 e. The molecule has 16 heavy (non-hydrogen) atoms. The fourth-order valence-electron chi connectivity index (χ4n) is 1.49. The van der Waals surface area contributed by atoms with Crippen molar-refractivity contribution in [1.29, 1.82) is 0 Å². The zero-order chi connectivity index (χ0) is 11.5. The lowest BCUT2D eigenvalue weighted by atomic mass is 9.93. The number of anilines is 1.